The van der Waals surface area contributed by atoms with E-state index in [4.69, 9.17) is 21.1 Å². The number of carbonyl (C=O) groups excluding carboxylic acids is 1. The van der Waals surface area contributed by atoms with Gasteiger partial charge in [-0.05, 0) is 43.9 Å². The van der Waals surface area contributed by atoms with Crippen molar-refractivity contribution in [2.75, 3.05) is 12.9 Å². The van der Waals surface area contributed by atoms with Crippen LogP contribution in [0.1, 0.15) is 22.8 Å². The first-order chi connectivity index (χ1) is 11.8. The first-order valence-corrected chi connectivity index (χ1v) is 8.68. The van der Waals surface area contributed by atoms with Crippen molar-refractivity contribution in [3.05, 3.63) is 44.6 Å². The maximum atomic E-state index is 11.9. The largest absolute Gasteiger partial charge is 0.462 e. The number of carbonyl (C=O) groups is 1. The number of nitro groups is 1. The summed E-state index contributed by atoms with van der Waals surface area (Å²) >= 11 is 7.03. The van der Waals surface area contributed by atoms with Gasteiger partial charge in [0.1, 0.15) is 5.75 Å². The minimum atomic E-state index is -0.718. The number of benzene rings is 1. The molecule has 10 heteroatoms. The molecule has 0 fully saturated rings. The Labute approximate surface area is 152 Å². The molecule has 0 radical (unpaired) electrons. The number of ether oxygens (including phenoxy) is 2. The summed E-state index contributed by atoms with van der Waals surface area (Å²) < 4.78 is 10.5. The number of halogens is 1. The number of hydrogen-bond donors (Lipinski definition) is 0. The average molecular weight is 384 g/mol. The first-order valence-electron chi connectivity index (χ1n) is 7.08. The van der Waals surface area contributed by atoms with Crippen molar-refractivity contribution in [2.45, 2.75) is 19.0 Å². The van der Waals surface area contributed by atoms with Gasteiger partial charge >= 0.3 is 17.5 Å². The highest BCUT2D eigenvalue weighted by Crippen LogP contribution is 2.36. The highest BCUT2D eigenvalue weighted by molar-refractivity contribution is 7.98. The van der Waals surface area contributed by atoms with Crippen molar-refractivity contribution >= 4 is 35.0 Å². The molecule has 0 unspecified atom stereocenters. The standard InChI is InChI=1S/C15H14ClN3O5S/c1-4-23-14(20)9-5-8(2)6-10(7-9)24-13-11(19(21)22)12(16)17-15(18-13)25-3/h5-7H,4H2,1-3H3. The van der Waals surface area contributed by atoms with Crippen LogP contribution >= 0.6 is 23.4 Å². The highest BCUT2D eigenvalue weighted by atomic mass is 35.5. The van der Waals surface area contributed by atoms with Gasteiger partial charge < -0.3 is 9.47 Å². The summed E-state index contributed by atoms with van der Waals surface area (Å²) in [4.78, 5) is 30.2. The molecule has 0 saturated carbocycles. The normalized spacial score (nSPS) is 10.4. The molecule has 2 aromatic rings. The molecule has 8 nitrogen and oxygen atoms in total. The molecule has 0 amide bonds. The van der Waals surface area contributed by atoms with E-state index in [1.165, 1.54) is 6.07 Å². The lowest BCUT2D eigenvalue weighted by Crippen LogP contribution is -2.05. The van der Waals surface area contributed by atoms with Crippen LogP contribution in [0.4, 0.5) is 5.69 Å². The van der Waals surface area contributed by atoms with Gasteiger partial charge in [0.2, 0.25) is 5.15 Å². The summed E-state index contributed by atoms with van der Waals surface area (Å²) in [7, 11) is 0. The second-order valence-electron chi connectivity index (χ2n) is 4.77. The number of rotatable bonds is 6. The summed E-state index contributed by atoms with van der Waals surface area (Å²) in [5, 5.41) is 11.1. The van der Waals surface area contributed by atoms with E-state index in [0.717, 1.165) is 11.8 Å². The maximum Gasteiger partial charge on any atom is 0.368 e. The zero-order valence-electron chi connectivity index (χ0n) is 13.6. The van der Waals surface area contributed by atoms with Crippen molar-refractivity contribution in [1.29, 1.82) is 0 Å². The third-order valence-corrected chi connectivity index (χ3v) is 3.74. The summed E-state index contributed by atoms with van der Waals surface area (Å²) in [5.74, 6) is -0.612. The lowest BCUT2D eigenvalue weighted by atomic mass is 10.1. The van der Waals surface area contributed by atoms with Crippen LogP contribution in [0.3, 0.4) is 0 Å². The van der Waals surface area contributed by atoms with E-state index in [-0.39, 0.29) is 34.1 Å². The van der Waals surface area contributed by atoms with Crippen LogP contribution in [-0.2, 0) is 4.74 Å². The van der Waals surface area contributed by atoms with Crippen LogP contribution in [0.15, 0.2) is 23.4 Å². The predicted molar refractivity (Wildman–Crippen MR) is 92.7 cm³/mol. The third kappa shape index (κ3) is 4.58. The van der Waals surface area contributed by atoms with Gasteiger partial charge in [-0.1, -0.05) is 23.4 Å². The molecule has 1 aromatic heterocycles. The van der Waals surface area contributed by atoms with Gasteiger partial charge in [-0.2, -0.15) is 4.98 Å². The Morgan fingerprint density at radius 1 is 1.36 bits per heavy atom. The van der Waals surface area contributed by atoms with Crippen molar-refractivity contribution in [3.8, 4) is 11.6 Å². The zero-order valence-corrected chi connectivity index (χ0v) is 15.2. The minimum Gasteiger partial charge on any atom is -0.462 e. The van der Waals surface area contributed by atoms with E-state index in [0.29, 0.717) is 5.56 Å². The molecule has 1 heterocycles. The van der Waals surface area contributed by atoms with E-state index in [1.807, 2.05) is 0 Å². The van der Waals surface area contributed by atoms with Gasteiger partial charge in [-0.25, -0.2) is 9.78 Å². The topological polar surface area (TPSA) is 104 Å². The number of hydrogen-bond acceptors (Lipinski definition) is 8. The maximum absolute atomic E-state index is 11.9. The van der Waals surface area contributed by atoms with Crippen LogP contribution in [0.5, 0.6) is 11.6 Å². The number of thioether (sulfide) groups is 1. The zero-order chi connectivity index (χ0) is 18.6. The molecule has 0 aliphatic carbocycles. The van der Waals surface area contributed by atoms with E-state index in [2.05, 4.69) is 9.97 Å². The second-order valence-corrected chi connectivity index (χ2v) is 5.90. The van der Waals surface area contributed by atoms with Gasteiger partial charge in [0.15, 0.2) is 5.16 Å². The molecule has 132 valence electrons. The Balaban J connectivity index is 2.47. The molecule has 1 aromatic carbocycles. The number of aryl methyl sites for hydroxylation is 1. The van der Waals surface area contributed by atoms with E-state index >= 15 is 0 Å². The summed E-state index contributed by atoms with van der Waals surface area (Å²) in [6.45, 7) is 3.68. The molecule has 0 aliphatic rings. The van der Waals surface area contributed by atoms with E-state index in [9.17, 15) is 14.9 Å². The molecular formula is C15H14ClN3O5S. The molecule has 25 heavy (non-hydrogen) atoms. The summed E-state index contributed by atoms with van der Waals surface area (Å²) in [5.41, 5.74) is 0.442. The molecule has 0 spiro atoms. The molecule has 0 atom stereocenters. The van der Waals surface area contributed by atoms with Crippen LogP contribution in [0.25, 0.3) is 0 Å². The lowest BCUT2D eigenvalue weighted by molar-refractivity contribution is -0.386. The number of aromatic nitrogens is 2. The third-order valence-electron chi connectivity index (χ3n) is 2.93. The van der Waals surface area contributed by atoms with Crippen molar-refractivity contribution in [1.82, 2.24) is 9.97 Å². The number of nitrogens with zero attached hydrogens (tertiary/aromatic N) is 3. The van der Waals surface area contributed by atoms with Crippen molar-refractivity contribution in [2.24, 2.45) is 0 Å². The SMILES string of the molecule is CCOC(=O)c1cc(C)cc(Oc2nc(SC)nc(Cl)c2[N+](=O)[O-])c1. The molecular weight excluding hydrogens is 370 g/mol. The van der Waals surface area contributed by atoms with Crippen LogP contribution < -0.4 is 4.74 Å². The Morgan fingerprint density at radius 3 is 2.68 bits per heavy atom. The van der Waals surface area contributed by atoms with Gasteiger partial charge in [0, 0.05) is 0 Å². The van der Waals surface area contributed by atoms with Crippen LogP contribution in [0, 0.1) is 17.0 Å². The minimum absolute atomic E-state index is 0.202. The van der Waals surface area contributed by atoms with Crippen molar-refractivity contribution in [3.63, 3.8) is 0 Å². The summed E-state index contributed by atoms with van der Waals surface area (Å²) in [6.07, 6.45) is 1.70. The smallest absolute Gasteiger partial charge is 0.368 e. The highest BCUT2D eigenvalue weighted by Gasteiger charge is 2.26. The molecule has 0 bridgehead atoms. The van der Waals surface area contributed by atoms with Gasteiger partial charge in [-0.3, -0.25) is 10.1 Å². The fraction of sp³-hybridized carbons (Fsp3) is 0.267. The van der Waals surface area contributed by atoms with Crippen LogP contribution in [0.2, 0.25) is 5.15 Å². The fourth-order valence-corrected chi connectivity index (χ4v) is 2.59. The van der Waals surface area contributed by atoms with E-state index < -0.39 is 16.6 Å². The quantitative estimate of drug-likeness (QED) is 0.184. The average Bonchev–Trinajstić information content (AvgIpc) is 2.53. The van der Waals surface area contributed by atoms with Gasteiger partial charge in [-0.15, -0.1) is 0 Å². The monoisotopic (exact) mass is 383 g/mol. The first kappa shape index (κ1) is 18.9. The Hall–Kier alpha value is -2.39. The Kier molecular flexibility index (Phi) is 6.16. The molecule has 0 N–H and O–H groups in total. The van der Waals surface area contributed by atoms with E-state index in [1.54, 1.807) is 32.2 Å². The lowest BCUT2D eigenvalue weighted by Gasteiger charge is -2.10. The second kappa shape index (κ2) is 8.13. The predicted octanol–water partition coefficient (Wildman–Crippen LogP) is 4.04. The molecule has 0 aliphatic heterocycles. The Bertz CT molecular complexity index is 831. The Morgan fingerprint density at radius 2 is 2.08 bits per heavy atom. The van der Waals surface area contributed by atoms with Crippen LogP contribution in [-0.4, -0.2) is 33.7 Å². The fourth-order valence-electron chi connectivity index (χ4n) is 1.96. The molecule has 0 saturated heterocycles. The van der Waals surface area contributed by atoms with Gasteiger partial charge in [0.25, 0.3) is 0 Å². The van der Waals surface area contributed by atoms with Crippen molar-refractivity contribution < 1.29 is 19.2 Å². The summed E-state index contributed by atoms with van der Waals surface area (Å²) in [6, 6.07) is 4.66. The number of esters is 1. The van der Waals surface area contributed by atoms with Gasteiger partial charge in [0.05, 0.1) is 17.1 Å². The molecule has 2 rings (SSSR count).